The van der Waals surface area contributed by atoms with Crippen molar-refractivity contribution in [3.8, 4) is 5.82 Å². The van der Waals surface area contributed by atoms with E-state index in [1.54, 1.807) is 0 Å². The van der Waals surface area contributed by atoms with Gasteiger partial charge in [0.2, 0.25) is 5.91 Å². The van der Waals surface area contributed by atoms with Crippen molar-refractivity contribution in [1.82, 2.24) is 14.5 Å². The molecule has 2 fully saturated rings. The predicted molar refractivity (Wildman–Crippen MR) is 111 cm³/mol. The second kappa shape index (κ2) is 6.64. The van der Waals surface area contributed by atoms with Gasteiger partial charge in [0, 0.05) is 37.9 Å². The lowest BCUT2D eigenvalue weighted by Gasteiger charge is -2.47. The van der Waals surface area contributed by atoms with Crippen molar-refractivity contribution >= 4 is 11.6 Å². The number of fused-ring (bicyclic) bond motifs is 4. The lowest BCUT2D eigenvalue weighted by Crippen LogP contribution is -2.53. The Balaban J connectivity index is 1.56. The van der Waals surface area contributed by atoms with Crippen LogP contribution in [0, 0.1) is 11.8 Å². The number of rotatable bonds is 4. The summed E-state index contributed by atoms with van der Waals surface area (Å²) < 4.78 is 2.25. The third-order valence-corrected chi connectivity index (χ3v) is 6.97. The normalized spacial score (nSPS) is 23.8. The Hall–Kier alpha value is -2.30. The SMILES string of the molecule is CC(C)CCN1c2cccnc2-n2cccc2C12CCN(C(=O)C1CCC1)C2. The van der Waals surface area contributed by atoms with Gasteiger partial charge >= 0.3 is 0 Å². The van der Waals surface area contributed by atoms with Gasteiger partial charge in [0.15, 0.2) is 5.82 Å². The summed E-state index contributed by atoms with van der Waals surface area (Å²) in [6.45, 7) is 7.20. The van der Waals surface area contributed by atoms with E-state index in [0.29, 0.717) is 11.8 Å². The standard InChI is InChI=1S/C23H30N4O/c1-17(2)10-14-27-19-8-4-12-24-21(19)26-13-5-9-20(26)23(27)11-15-25(16-23)22(28)18-6-3-7-18/h4-5,8-9,12-13,17-18H,3,6-7,10-11,14-16H2,1-2H3. The fraction of sp³-hybridized carbons (Fsp3) is 0.565. The van der Waals surface area contributed by atoms with Gasteiger partial charge in [-0.15, -0.1) is 0 Å². The molecule has 4 heterocycles. The molecule has 0 N–H and O–H groups in total. The smallest absolute Gasteiger partial charge is 0.225 e. The molecule has 1 spiro atoms. The van der Waals surface area contributed by atoms with Gasteiger partial charge in [-0.1, -0.05) is 20.3 Å². The summed E-state index contributed by atoms with van der Waals surface area (Å²) in [4.78, 5) is 22.4. The van der Waals surface area contributed by atoms with Crippen molar-refractivity contribution in [3.63, 3.8) is 0 Å². The number of nitrogens with zero attached hydrogens (tertiary/aromatic N) is 4. The first kappa shape index (κ1) is 17.8. The predicted octanol–water partition coefficient (Wildman–Crippen LogP) is 3.97. The van der Waals surface area contributed by atoms with E-state index in [0.717, 1.165) is 51.1 Å². The Kier molecular flexibility index (Phi) is 4.22. The molecule has 2 aromatic rings. The van der Waals surface area contributed by atoms with Crippen molar-refractivity contribution in [2.75, 3.05) is 24.5 Å². The van der Waals surface area contributed by atoms with Gasteiger partial charge < -0.3 is 14.4 Å². The second-order valence-corrected chi connectivity index (χ2v) is 9.11. The summed E-state index contributed by atoms with van der Waals surface area (Å²) in [6.07, 6.45) is 9.47. The molecule has 5 nitrogen and oxygen atoms in total. The first-order chi connectivity index (χ1) is 13.6. The highest BCUT2D eigenvalue weighted by Gasteiger charge is 2.51. The quantitative estimate of drug-likeness (QED) is 0.808. The lowest BCUT2D eigenvalue weighted by molar-refractivity contribution is -0.137. The van der Waals surface area contributed by atoms with Crippen LogP contribution in [0.5, 0.6) is 0 Å². The minimum atomic E-state index is -0.145. The van der Waals surface area contributed by atoms with Crippen LogP contribution < -0.4 is 4.90 Å². The summed E-state index contributed by atoms with van der Waals surface area (Å²) in [6, 6.07) is 8.59. The zero-order valence-electron chi connectivity index (χ0n) is 17.0. The summed E-state index contributed by atoms with van der Waals surface area (Å²) in [5, 5.41) is 0. The van der Waals surface area contributed by atoms with Crippen molar-refractivity contribution in [1.29, 1.82) is 0 Å². The van der Waals surface area contributed by atoms with Crippen LogP contribution in [-0.4, -0.2) is 40.0 Å². The molecule has 5 rings (SSSR count). The molecule has 0 radical (unpaired) electrons. The first-order valence-electron chi connectivity index (χ1n) is 10.8. The van der Waals surface area contributed by atoms with Crippen LogP contribution >= 0.6 is 0 Å². The Morgan fingerprint density at radius 1 is 1.29 bits per heavy atom. The third kappa shape index (κ3) is 2.59. The topological polar surface area (TPSA) is 41.4 Å². The molecule has 1 atom stereocenters. The molecule has 148 valence electrons. The Bertz CT molecular complexity index is 884. The van der Waals surface area contributed by atoms with Crippen LogP contribution in [0.3, 0.4) is 0 Å². The maximum absolute atomic E-state index is 13.0. The minimum Gasteiger partial charge on any atom is -0.355 e. The zero-order chi connectivity index (χ0) is 19.3. The minimum absolute atomic E-state index is 0.145. The number of hydrogen-bond donors (Lipinski definition) is 0. The number of likely N-dealkylation sites (tertiary alicyclic amines) is 1. The molecule has 1 saturated heterocycles. The first-order valence-corrected chi connectivity index (χ1v) is 10.8. The number of hydrogen-bond acceptors (Lipinski definition) is 3. The molecule has 1 amide bonds. The maximum Gasteiger partial charge on any atom is 0.225 e. The molecule has 2 aromatic heterocycles. The number of carbonyl (C=O) groups is 1. The summed E-state index contributed by atoms with van der Waals surface area (Å²) >= 11 is 0. The maximum atomic E-state index is 13.0. The van der Waals surface area contributed by atoms with E-state index in [1.807, 2.05) is 12.3 Å². The lowest BCUT2D eigenvalue weighted by atomic mass is 9.84. The number of carbonyl (C=O) groups excluding carboxylic acids is 1. The number of pyridine rings is 1. The summed E-state index contributed by atoms with van der Waals surface area (Å²) in [5.41, 5.74) is 2.34. The van der Waals surface area contributed by atoms with Gasteiger partial charge in [-0.2, -0.15) is 0 Å². The highest BCUT2D eigenvalue weighted by Crippen LogP contribution is 2.47. The molecule has 2 aliphatic heterocycles. The Labute approximate surface area is 167 Å². The summed E-state index contributed by atoms with van der Waals surface area (Å²) in [5.74, 6) is 2.30. The van der Waals surface area contributed by atoms with Gasteiger partial charge in [-0.05, 0) is 55.9 Å². The Morgan fingerprint density at radius 3 is 2.89 bits per heavy atom. The van der Waals surface area contributed by atoms with Crippen LogP contribution in [-0.2, 0) is 10.3 Å². The molecule has 0 bridgehead atoms. The highest BCUT2D eigenvalue weighted by atomic mass is 16.2. The van der Waals surface area contributed by atoms with E-state index in [-0.39, 0.29) is 11.5 Å². The molecule has 1 saturated carbocycles. The molecule has 1 unspecified atom stereocenters. The fourth-order valence-corrected chi connectivity index (χ4v) is 5.14. The van der Waals surface area contributed by atoms with Crippen LogP contribution in [0.2, 0.25) is 0 Å². The van der Waals surface area contributed by atoms with E-state index in [9.17, 15) is 4.79 Å². The van der Waals surface area contributed by atoms with Gasteiger partial charge in [0.25, 0.3) is 0 Å². The van der Waals surface area contributed by atoms with Crippen LogP contribution in [0.25, 0.3) is 5.82 Å². The summed E-state index contributed by atoms with van der Waals surface area (Å²) in [7, 11) is 0. The van der Waals surface area contributed by atoms with Crippen LogP contribution in [0.1, 0.15) is 51.6 Å². The molecule has 1 aliphatic carbocycles. The molecular weight excluding hydrogens is 348 g/mol. The largest absolute Gasteiger partial charge is 0.355 e. The van der Waals surface area contributed by atoms with E-state index in [1.165, 1.54) is 17.8 Å². The molecule has 5 heteroatoms. The van der Waals surface area contributed by atoms with Gasteiger partial charge in [0.1, 0.15) is 5.54 Å². The van der Waals surface area contributed by atoms with E-state index >= 15 is 0 Å². The highest BCUT2D eigenvalue weighted by molar-refractivity contribution is 5.80. The van der Waals surface area contributed by atoms with E-state index in [4.69, 9.17) is 4.98 Å². The van der Waals surface area contributed by atoms with Crippen molar-refractivity contribution in [2.45, 2.75) is 51.5 Å². The second-order valence-electron chi connectivity index (χ2n) is 9.11. The average Bonchev–Trinajstić information content (AvgIpc) is 3.28. The number of anilines is 1. The molecule has 3 aliphatic rings. The molecule has 28 heavy (non-hydrogen) atoms. The molecule has 0 aromatic carbocycles. The Morgan fingerprint density at radius 2 is 2.14 bits per heavy atom. The monoisotopic (exact) mass is 378 g/mol. The fourth-order valence-electron chi connectivity index (χ4n) is 5.14. The van der Waals surface area contributed by atoms with E-state index in [2.05, 4.69) is 52.6 Å². The van der Waals surface area contributed by atoms with Crippen molar-refractivity contribution in [2.24, 2.45) is 11.8 Å². The van der Waals surface area contributed by atoms with Crippen LogP contribution in [0.15, 0.2) is 36.7 Å². The van der Waals surface area contributed by atoms with E-state index < -0.39 is 0 Å². The van der Waals surface area contributed by atoms with Gasteiger partial charge in [-0.3, -0.25) is 4.79 Å². The number of amides is 1. The molecular formula is C23H30N4O. The van der Waals surface area contributed by atoms with Crippen molar-refractivity contribution < 1.29 is 4.79 Å². The zero-order valence-corrected chi connectivity index (χ0v) is 17.0. The van der Waals surface area contributed by atoms with Crippen LogP contribution in [0.4, 0.5) is 5.69 Å². The van der Waals surface area contributed by atoms with Gasteiger partial charge in [0.05, 0.1) is 11.4 Å². The third-order valence-electron chi connectivity index (χ3n) is 6.97. The average molecular weight is 379 g/mol. The number of aromatic nitrogens is 2. The van der Waals surface area contributed by atoms with Gasteiger partial charge in [-0.25, -0.2) is 4.98 Å². The van der Waals surface area contributed by atoms with Crippen molar-refractivity contribution in [3.05, 3.63) is 42.4 Å².